The average Bonchev–Trinajstić information content (AvgIpc) is 2.70. The summed E-state index contributed by atoms with van der Waals surface area (Å²) in [6, 6.07) is 16.0. The highest BCUT2D eigenvalue weighted by Gasteiger charge is 2.11. The molecule has 2 rings (SSSR count). The van der Waals surface area contributed by atoms with Crippen LogP contribution in [0.2, 0.25) is 0 Å². The van der Waals surface area contributed by atoms with E-state index in [1.807, 2.05) is 36.4 Å². The number of benzene rings is 1. The lowest BCUT2D eigenvalue weighted by atomic mass is 10.1. The second kappa shape index (κ2) is 10.2. The van der Waals surface area contributed by atoms with Crippen LogP contribution < -0.4 is 10.6 Å². The minimum Gasteiger partial charge on any atom is -0.350 e. The fraction of sp³-hybridized carbons (Fsp3) is 0.350. The number of nitrogens with zero attached hydrogens (tertiary/aromatic N) is 3. The van der Waals surface area contributed by atoms with Crippen LogP contribution in [0, 0.1) is 0 Å². The summed E-state index contributed by atoms with van der Waals surface area (Å²) in [6.45, 7) is 2.88. The summed E-state index contributed by atoms with van der Waals surface area (Å²) in [7, 11) is 3.50. The van der Waals surface area contributed by atoms with E-state index >= 15 is 0 Å². The van der Waals surface area contributed by atoms with Crippen LogP contribution in [0.1, 0.15) is 24.2 Å². The predicted molar refractivity (Wildman–Crippen MR) is 105 cm³/mol. The van der Waals surface area contributed by atoms with Crippen LogP contribution in [0.25, 0.3) is 0 Å². The first-order valence-corrected chi connectivity index (χ1v) is 8.76. The van der Waals surface area contributed by atoms with E-state index in [1.54, 1.807) is 25.2 Å². The molecule has 0 saturated carbocycles. The van der Waals surface area contributed by atoms with E-state index in [9.17, 15) is 4.79 Å². The zero-order valence-corrected chi connectivity index (χ0v) is 15.6. The molecule has 0 spiro atoms. The number of carbonyl (C=O) groups excluding carboxylic acids is 1. The number of hydrogen-bond donors (Lipinski definition) is 2. The van der Waals surface area contributed by atoms with Crippen molar-refractivity contribution >= 4 is 11.9 Å². The van der Waals surface area contributed by atoms with Crippen LogP contribution in [0.3, 0.4) is 0 Å². The largest absolute Gasteiger partial charge is 0.350 e. The van der Waals surface area contributed by atoms with Gasteiger partial charge in [0.05, 0.1) is 12.6 Å². The summed E-state index contributed by atoms with van der Waals surface area (Å²) >= 11 is 0. The molecular weight excluding hydrogens is 326 g/mol. The van der Waals surface area contributed by atoms with Gasteiger partial charge in [-0.3, -0.25) is 14.8 Å². The van der Waals surface area contributed by atoms with Gasteiger partial charge in [-0.05, 0) is 24.6 Å². The number of likely N-dealkylation sites (N-methyl/N-ethyl adjacent to an activating group) is 1. The van der Waals surface area contributed by atoms with E-state index in [1.165, 1.54) is 0 Å². The van der Waals surface area contributed by atoms with E-state index in [0.717, 1.165) is 17.7 Å². The van der Waals surface area contributed by atoms with Crippen LogP contribution in [0.15, 0.2) is 59.7 Å². The van der Waals surface area contributed by atoms with Gasteiger partial charge in [-0.15, -0.1) is 0 Å². The topological polar surface area (TPSA) is 69.6 Å². The molecule has 1 unspecified atom stereocenters. The van der Waals surface area contributed by atoms with Crippen molar-refractivity contribution in [1.82, 2.24) is 20.5 Å². The third kappa shape index (κ3) is 6.20. The summed E-state index contributed by atoms with van der Waals surface area (Å²) in [5, 5.41) is 6.37. The Morgan fingerprint density at radius 1 is 1.19 bits per heavy atom. The van der Waals surface area contributed by atoms with Crippen LogP contribution in [-0.2, 0) is 11.2 Å². The molecule has 1 aromatic heterocycles. The van der Waals surface area contributed by atoms with Gasteiger partial charge in [-0.2, -0.15) is 0 Å². The van der Waals surface area contributed by atoms with Crippen LogP contribution in [-0.4, -0.2) is 48.9 Å². The summed E-state index contributed by atoms with van der Waals surface area (Å²) < 4.78 is 0. The van der Waals surface area contributed by atoms with E-state index in [2.05, 4.69) is 39.7 Å². The van der Waals surface area contributed by atoms with Gasteiger partial charge in [0.2, 0.25) is 5.91 Å². The van der Waals surface area contributed by atoms with Crippen LogP contribution >= 0.6 is 0 Å². The molecule has 0 fully saturated rings. The van der Waals surface area contributed by atoms with Crippen LogP contribution in [0.4, 0.5) is 0 Å². The maximum Gasteiger partial charge on any atom is 0.241 e. The Bertz CT molecular complexity index is 703. The van der Waals surface area contributed by atoms with Gasteiger partial charge in [0.15, 0.2) is 5.96 Å². The molecule has 2 N–H and O–H groups in total. The number of hydrogen-bond acceptors (Lipinski definition) is 3. The molecule has 0 saturated heterocycles. The molecule has 0 aliphatic heterocycles. The lowest BCUT2D eigenvalue weighted by Gasteiger charge is -2.20. The number of pyridine rings is 1. The molecule has 0 aliphatic rings. The Labute approximate surface area is 155 Å². The predicted octanol–water partition coefficient (Wildman–Crippen LogP) is 2.01. The SMILES string of the molecule is CN=C(NCC(=O)N(C)CCc1ccccn1)NC(C)c1ccccc1. The van der Waals surface area contributed by atoms with Crippen molar-refractivity contribution in [1.29, 1.82) is 0 Å². The number of aromatic nitrogens is 1. The maximum atomic E-state index is 12.3. The molecule has 1 amide bonds. The number of nitrogens with one attached hydrogen (secondary N) is 2. The first kappa shape index (κ1) is 19.4. The number of amides is 1. The Morgan fingerprint density at radius 2 is 1.92 bits per heavy atom. The lowest BCUT2D eigenvalue weighted by molar-refractivity contribution is -0.128. The molecule has 1 atom stereocenters. The van der Waals surface area contributed by atoms with E-state index in [0.29, 0.717) is 12.5 Å². The number of aliphatic imine (C=N–C) groups is 1. The Balaban J connectivity index is 1.77. The average molecular weight is 353 g/mol. The van der Waals surface area contributed by atoms with Gasteiger partial charge < -0.3 is 15.5 Å². The molecule has 6 heteroatoms. The zero-order valence-electron chi connectivity index (χ0n) is 15.6. The third-order valence-electron chi connectivity index (χ3n) is 4.14. The van der Waals surface area contributed by atoms with Gasteiger partial charge in [0.25, 0.3) is 0 Å². The molecule has 0 aliphatic carbocycles. The Hall–Kier alpha value is -2.89. The summed E-state index contributed by atoms with van der Waals surface area (Å²) in [6.07, 6.45) is 2.50. The summed E-state index contributed by atoms with van der Waals surface area (Å²) in [5.41, 5.74) is 2.14. The van der Waals surface area contributed by atoms with Crippen molar-refractivity contribution in [2.75, 3.05) is 27.2 Å². The molecule has 2 aromatic rings. The molecule has 26 heavy (non-hydrogen) atoms. The van der Waals surface area contributed by atoms with Crippen molar-refractivity contribution in [3.8, 4) is 0 Å². The second-order valence-electron chi connectivity index (χ2n) is 6.09. The van der Waals surface area contributed by atoms with Gasteiger partial charge >= 0.3 is 0 Å². The second-order valence-corrected chi connectivity index (χ2v) is 6.09. The number of guanidine groups is 1. The first-order chi connectivity index (χ1) is 12.6. The zero-order chi connectivity index (χ0) is 18.8. The van der Waals surface area contributed by atoms with Gasteiger partial charge in [0, 0.05) is 39.0 Å². The van der Waals surface area contributed by atoms with Crippen molar-refractivity contribution in [3.05, 3.63) is 66.0 Å². The van der Waals surface area contributed by atoms with Gasteiger partial charge in [-0.1, -0.05) is 36.4 Å². The molecule has 1 aromatic carbocycles. The fourth-order valence-corrected chi connectivity index (χ4v) is 2.47. The fourth-order valence-electron chi connectivity index (χ4n) is 2.47. The molecule has 0 radical (unpaired) electrons. The monoisotopic (exact) mass is 353 g/mol. The summed E-state index contributed by atoms with van der Waals surface area (Å²) in [5.74, 6) is 0.615. The van der Waals surface area contributed by atoms with Crippen molar-refractivity contribution < 1.29 is 4.79 Å². The molecule has 0 bridgehead atoms. The minimum absolute atomic E-state index is 0.0104. The Morgan fingerprint density at radius 3 is 2.58 bits per heavy atom. The van der Waals surface area contributed by atoms with Crippen molar-refractivity contribution in [2.45, 2.75) is 19.4 Å². The van der Waals surface area contributed by atoms with Gasteiger partial charge in [-0.25, -0.2) is 0 Å². The van der Waals surface area contributed by atoms with Crippen molar-refractivity contribution in [3.63, 3.8) is 0 Å². The van der Waals surface area contributed by atoms with Crippen LogP contribution in [0.5, 0.6) is 0 Å². The van der Waals surface area contributed by atoms with Gasteiger partial charge in [0.1, 0.15) is 0 Å². The number of carbonyl (C=O) groups is 1. The number of rotatable bonds is 7. The normalized spacial score (nSPS) is 12.3. The summed E-state index contributed by atoms with van der Waals surface area (Å²) in [4.78, 5) is 22.5. The smallest absolute Gasteiger partial charge is 0.241 e. The highest BCUT2D eigenvalue weighted by molar-refractivity contribution is 5.86. The van der Waals surface area contributed by atoms with E-state index < -0.39 is 0 Å². The molecule has 138 valence electrons. The molecular formula is C20H27N5O. The Kier molecular flexibility index (Phi) is 7.61. The van der Waals surface area contributed by atoms with Crippen molar-refractivity contribution in [2.24, 2.45) is 4.99 Å². The lowest BCUT2D eigenvalue weighted by Crippen LogP contribution is -2.44. The highest BCUT2D eigenvalue weighted by atomic mass is 16.2. The third-order valence-corrected chi connectivity index (χ3v) is 4.14. The minimum atomic E-state index is 0.0104. The standard InChI is InChI=1S/C20H27N5O/c1-16(17-9-5-4-6-10-17)24-20(21-2)23-15-19(26)25(3)14-12-18-11-7-8-13-22-18/h4-11,13,16H,12,14-15H2,1-3H3,(H2,21,23,24). The quantitative estimate of drug-likeness (QED) is 0.590. The molecule has 6 nitrogen and oxygen atoms in total. The highest BCUT2D eigenvalue weighted by Crippen LogP contribution is 2.10. The van der Waals surface area contributed by atoms with E-state index in [-0.39, 0.29) is 18.5 Å². The molecule has 1 heterocycles. The van der Waals surface area contributed by atoms with E-state index in [4.69, 9.17) is 0 Å². The first-order valence-electron chi connectivity index (χ1n) is 8.76. The maximum absolute atomic E-state index is 12.3.